The smallest absolute Gasteiger partial charge is 0.194 e. The molecule has 0 bridgehead atoms. The van der Waals surface area contributed by atoms with Crippen LogP contribution in [0.5, 0.6) is 0 Å². The maximum atomic E-state index is 7.74. The van der Waals surface area contributed by atoms with Crippen LogP contribution in [0.25, 0.3) is 16.6 Å². The zero-order valence-electron chi connectivity index (χ0n) is 19.2. The van der Waals surface area contributed by atoms with Gasteiger partial charge in [0.2, 0.25) is 0 Å². The zero-order valence-corrected chi connectivity index (χ0v) is 19.2. The van der Waals surface area contributed by atoms with E-state index in [1.807, 2.05) is 12.3 Å². The molecule has 33 heavy (non-hydrogen) atoms. The lowest BCUT2D eigenvalue weighted by Gasteiger charge is -2.34. The molecule has 4 heterocycles. The number of nitrogens with zero attached hydrogens (tertiary/aromatic N) is 3. The van der Waals surface area contributed by atoms with Crippen LogP contribution < -0.4 is 10.2 Å². The number of allylic oxidation sites excluding steroid dienone is 1. The maximum Gasteiger partial charge on any atom is 0.194 e. The predicted molar refractivity (Wildman–Crippen MR) is 129 cm³/mol. The Hall–Kier alpha value is -2.79. The number of anilines is 1. The van der Waals surface area contributed by atoms with Gasteiger partial charge in [-0.05, 0) is 44.7 Å². The Morgan fingerprint density at radius 2 is 2.18 bits per heavy atom. The van der Waals surface area contributed by atoms with Crippen LogP contribution in [0, 0.1) is 23.2 Å². The molecule has 0 amide bonds. The first kappa shape index (κ1) is 22.0. The van der Waals surface area contributed by atoms with E-state index in [1.165, 1.54) is 19.1 Å². The average Bonchev–Trinajstić information content (AvgIpc) is 3.67. The molecule has 5 rings (SSSR count). The fourth-order valence-corrected chi connectivity index (χ4v) is 4.48. The molecule has 2 aromatic rings. The minimum Gasteiger partial charge on any atom is -0.377 e. The first-order valence-electron chi connectivity index (χ1n) is 12.1. The highest BCUT2D eigenvalue weighted by Crippen LogP contribution is 2.30. The number of quaternary nitrogens is 1. The molecule has 2 atom stereocenters. The fourth-order valence-electron chi connectivity index (χ4n) is 4.48. The first-order chi connectivity index (χ1) is 16.2. The van der Waals surface area contributed by atoms with Crippen molar-refractivity contribution in [2.24, 2.45) is 5.92 Å². The second kappa shape index (κ2) is 10.0. The molecular formula is C26H32N5O2+. The molecule has 3 fully saturated rings. The lowest BCUT2D eigenvalue weighted by molar-refractivity contribution is -0.653. The molecule has 0 radical (unpaired) electrons. The van der Waals surface area contributed by atoms with E-state index in [0.717, 1.165) is 66.1 Å². The van der Waals surface area contributed by atoms with Gasteiger partial charge in [-0.1, -0.05) is 11.8 Å². The molecule has 1 saturated carbocycles. The normalized spacial score (nSPS) is 23.8. The van der Waals surface area contributed by atoms with E-state index in [1.54, 1.807) is 6.08 Å². The summed E-state index contributed by atoms with van der Waals surface area (Å²) in [6.45, 7) is 5.13. The number of nitrogens with two attached hydrogens (primary N) is 1. The van der Waals surface area contributed by atoms with Gasteiger partial charge in [0.15, 0.2) is 17.6 Å². The van der Waals surface area contributed by atoms with Gasteiger partial charge < -0.3 is 19.8 Å². The summed E-state index contributed by atoms with van der Waals surface area (Å²) >= 11 is 0. The average molecular weight is 447 g/mol. The standard InChI is InChI=1S/C26H31N5O2/c1-18-17-32-15-13-31(18)23-16-20(8-7-19-5-6-19)21-10-12-28-26(25(21)30-23)22(9-11-27)29-24-4-2-3-14-33-24/h9-12,16,18-19,24,27,29H,2-6,13-15,17H2,1H3/p+1. The molecule has 3 N–H and O–H groups in total. The molecular weight excluding hydrogens is 414 g/mol. The summed E-state index contributed by atoms with van der Waals surface area (Å²) in [5.41, 5.74) is 3.48. The van der Waals surface area contributed by atoms with Crippen molar-refractivity contribution in [3.63, 3.8) is 0 Å². The van der Waals surface area contributed by atoms with Gasteiger partial charge in [-0.3, -0.25) is 5.32 Å². The molecule has 2 unspecified atom stereocenters. The van der Waals surface area contributed by atoms with Crippen LogP contribution >= 0.6 is 0 Å². The van der Waals surface area contributed by atoms with E-state index in [-0.39, 0.29) is 12.3 Å². The molecule has 3 aliphatic rings. The van der Waals surface area contributed by atoms with Gasteiger partial charge in [-0.25, -0.2) is 9.97 Å². The molecule has 1 aliphatic carbocycles. The van der Waals surface area contributed by atoms with E-state index in [4.69, 9.17) is 24.9 Å². The van der Waals surface area contributed by atoms with Crippen LogP contribution in [0.4, 0.5) is 5.82 Å². The SMILES string of the molecule is CC1COCCN1c1cc(C#CC2CC2)c2ccnc(C(=CC=N)[NH2+]C3CCCCO3)c2n1. The van der Waals surface area contributed by atoms with Crippen LogP contribution in [-0.4, -0.2) is 54.8 Å². The van der Waals surface area contributed by atoms with E-state index in [2.05, 4.69) is 35.0 Å². The maximum absolute atomic E-state index is 7.74. The van der Waals surface area contributed by atoms with Crippen LogP contribution in [0.15, 0.2) is 24.4 Å². The van der Waals surface area contributed by atoms with Gasteiger partial charge in [0.05, 0.1) is 25.9 Å². The lowest BCUT2D eigenvalue weighted by atomic mass is 10.1. The highest BCUT2D eigenvalue weighted by atomic mass is 16.5. The quantitative estimate of drug-likeness (QED) is 0.545. The predicted octanol–water partition coefficient (Wildman–Crippen LogP) is 2.70. The van der Waals surface area contributed by atoms with Crippen LogP contribution in [0.3, 0.4) is 0 Å². The molecule has 2 aromatic heterocycles. The third kappa shape index (κ3) is 5.09. The number of ether oxygens (including phenoxy) is 2. The van der Waals surface area contributed by atoms with Crippen molar-refractivity contribution in [1.82, 2.24) is 9.97 Å². The van der Waals surface area contributed by atoms with E-state index < -0.39 is 0 Å². The Balaban J connectivity index is 1.61. The van der Waals surface area contributed by atoms with Gasteiger partial charge in [0.1, 0.15) is 11.3 Å². The number of nitrogens with one attached hydrogen (secondary N) is 1. The van der Waals surface area contributed by atoms with Gasteiger partial charge in [0, 0.05) is 48.3 Å². The number of pyridine rings is 2. The van der Waals surface area contributed by atoms with Crippen molar-refractivity contribution in [1.29, 1.82) is 5.41 Å². The summed E-state index contributed by atoms with van der Waals surface area (Å²) in [7, 11) is 0. The second-order valence-corrected chi connectivity index (χ2v) is 9.11. The van der Waals surface area contributed by atoms with Gasteiger partial charge in [-0.15, -0.1) is 0 Å². The number of hydrogen-bond donors (Lipinski definition) is 2. The Morgan fingerprint density at radius 3 is 2.94 bits per heavy atom. The number of morpholine rings is 1. The summed E-state index contributed by atoms with van der Waals surface area (Å²) in [4.78, 5) is 12.1. The Labute approximate surface area is 195 Å². The van der Waals surface area contributed by atoms with E-state index in [9.17, 15) is 0 Å². The number of fused-ring (bicyclic) bond motifs is 1. The summed E-state index contributed by atoms with van der Waals surface area (Å²) in [6, 6.07) is 4.37. The highest BCUT2D eigenvalue weighted by molar-refractivity contribution is 5.94. The largest absolute Gasteiger partial charge is 0.377 e. The highest BCUT2D eigenvalue weighted by Gasteiger charge is 2.25. The number of hydrogen-bond acceptors (Lipinski definition) is 6. The van der Waals surface area contributed by atoms with Crippen molar-refractivity contribution >= 4 is 28.6 Å². The van der Waals surface area contributed by atoms with Crippen molar-refractivity contribution in [2.45, 2.75) is 51.3 Å². The van der Waals surface area contributed by atoms with Crippen molar-refractivity contribution in [3.8, 4) is 11.8 Å². The van der Waals surface area contributed by atoms with E-state index in [0.29, 0.717) is 19.1 Å². The second-order valence-electron chi connectivity index (χ2n) is 9.11. The Kier molecular flexibility index (Phi) is 6.68. The molecule has 0 aromatic carbocycles. The number of aromatic nitrogens is 2. The minimum atomic E-state index is 0.0404. The van der Waals surface area contributed by atoms with E-state index >= 15 is 0 Å². The summed E-state index contributed by atoms with van der Waals surface area (Å²) < 4.78 is 11.6. The summed E-state index contributed by atoms with van der Waals surface area (Å²) in [5, 5.41) is 10.9. The van der Waals surface area contributed by atoms with Gasteiger partial charge >= 0.3 is 0 Å². The van der Waals surface area contributed by atoms with Crippen LogP contribution in [-0.2, 0) is 9.47 Å². The first-order valence-corrected chi connectivity index (χ1v) is 12.1. The molecule has 172 valence electrons. The van der Waals surface area contributed by atoms with Crippen molar-refractivity contribution < 1.29 is 14.8 Å². The molecule has 2 aliphatic heterocycles. The third-order valence-electron chi connectivity index (χ3n) is 6.48. The summed E-state index contributed by atoms with van der Waals surface area (Å²) in [5.74, 6) is 8.31. The minimum absolute atomic E-state index is 0.0404. The van der Waals surface area contributed by atoms with Gasteiger partial charge in [0.25, 0.3) is 0 Å². The lowest BCUT2D eigenvalue weighted by Crippen LogP contribution is -2.88. The summed E-state index contributed by atoms with van der Waals surface area (Å²) in [6.07, 6.45) is 10.6. The Morgan fingerprint density at radius 1 is 1.27 bits per heavy atom. The monoisotopic (exact) mass is 446 g/mol. The van der Waals surface area contributed by atoms with Crippen molar-refractivity contribution in [2.75, 3.05) is 31.3 Å². The molecule has 0 spiro atoms. The van der Waals surface area contributed by atoms with Crippen LogP contribution in [0.2, 0.25) is 0 Å². The fraction of sp³-hybridized carbons (Fsp3) is 0.500. The topological polar surface area (TPSA) is 87.9 Å². The molecule has 7 nitrogen and oxygen atoms in total. The van der Waals surface area contributed by atoms with Crippen LogP contribution in [0.1, 0.15) is 50.3 Å². The molecule has 7 heteroatoms. The third-order valence-corrected chi connectivity index (χ3v) is 6.48. The molecule has 2 saturated heterocycles. The number of rotatable bonds is 5. The van der Waals surface area contributed by atoms with Crippen molar-refractivity contribution in [3.05, 3.63) is 35.7 Å². The zero-order chi connectivity index (χ0) is 22.6. The van der Waals surface area contributed by atoms with Gasteiger partial charge in [-0.2, -0.15) is 0 Å². The Bertz CT molecular complexity index is 1110.